The molecule has 104 valence electrons. The van der Waals surface area contributed by atoms with Gasteiger partial charge in [0.15, 0.2) is 0 Å². The molecule has 0 N–H and O–H groups in total. The van der Waals surface area contributed by atoms with E-state index < -0.39 is 4.92 Å². The number of nitrogens with zero attached hydrogens (tertiary/aromatic N) is 2. The van der Waals surface area contributed by atoms with E-state index >= 15 is 0 Å². The number of rotatable bonds is 3. The summed E-state index contributed by atoms with van der Waals surface area (Å²) in [6.45, 7) is 0. The van der Waals surface area contributed by atoms with Crippen molar-refractivity contribution in [2.45, 2.75) is 0 Å². The van der Waals surface area contributed by atoms with Gasteiger partial charge in [-0.15, -0.1) is 0 Å². The molecule has 0 radical (unpaired) electrons. The van der Waals surface area contributed by atoms with Crippen LogP contribution in [0.25, 0.3) is 0 Å². The molecule has 1 heterocycles. The number of non-ortho nitro benzene ring substituents is 1. The van der Waals surface area contributed by atoms with Crippen LogP contribution in [0.4, 0.5) is 5.69 Å². The second-order valence-electron chi connectivity index (χ2n) is 4.29. The molecule has 1 amide bonds. The summed E-state index contributed by atoms with van der Waals surface area (Å²) in [6, 6.07) is 8.83. The molecule has 3 rings (SSSR count). The number of benzene rings is 2. The highest BCUT2D eigenvalue weighted by molar-refractivity contribution is 6.32. The van der Waals surface area contributed by atoms with Crippen molar-refractivity contribution in [1.82, 2.24) is 0 Å². The molecule has 0 aromatic heterocycles. The standard InChI is InChI=1S/C14H7ClN2O4/c15-12-6-9(17(19)20)1-4-13(12)21-10-2-3-11-8(5-10)7-16-14(11)18/h1-7H. The number of nitro groups is 1. The van der Waals surface area contributed by atoms with Gasteiger partial charge in [-0.25, -0.2) is 4.99 Å². The van der Waals surface area contributed by atoms with Crippen molar-refractivity contribution >= 4 is 29.4 Å². The fourth-order valence-corrected chi connectivity index (χ4v) is 2.13. The fourth-order valence-electron chi connectivity index (χ4n) is 1.92. The van der Waals surface area contributed by atoms with Crippen molar-refractivity contribution in [1.29, 1.82) is 0 Å². The Morgan fingerprint density at radius 1 is 1.19 bits per heavy atom. The van der Waals surface area contributed by atoms with E-state index in [1.165, 1.54) is 24.4 Å². The Morgan fingerprint density at radius 2 is 2.00 bits per heavy atom. The Hall–Kier alpha value is -2.73. The SMILES string of the molecule is O=C1N=Cc2cc(Oc3ccc([N+](=O)[O-])cc3Cl)ccc21. The van der Waals surface area contributed by atoms with E-state index in [-0.39, 0.29) is 16.6 Å². The van der Waals surface area contributed by atoms with Crippen LogP contribution in [0.2, 0.25) is 5.02 Å². The molecule has 7 heteroatoms. The molecular weight excluding hydrogens is 296 g/mol. The average Bonchev–Trinajstić information content (AvgIpc) is 2.82. The third-order valence-corrected chi connectivity index (χ3v) is 3.22. The maximum Gasteiger partial charge on any atom is 0.277 e. The van der Waals surface area contributed by atoms with E-state index in [0.717, 1.165) is 0 Å². The van der Waals surface area contributed by atoms with Gasteiger partial charge in [0.05, 0.1) is 15.5 Å². The highest BCUT2D eigenvalue weighted by Crippen LogP contribution is 2.33. The monoisotopic (exact) mass is 302 g/mol. The highest BCUT2D eigenvalue weighted by atomic mass is 35.5. The summed E-state index contributed by atoms with van der Waals surface area (Å²) in [5, 5.41) is 10.8. The lowest BCUT2D eigenvalue weighted by molar-refractivity contribution is -0.384. The lowest BCUT2D eigenvalue weighted by Crippen LogP contribution is -1.93. The van der Waals surface area contributed by atoms with E-state index in [1.54, 1.807) is 18.2 Å². The van der Waals surface area contributed by atoms with Crippen molar-refractivity contribution in [3.63, 3.8) is 0 Å². The van der Waals surface area contributed by atoms with Gasteiger partial charge in [-0.2, -0.15) is 0 Å². The first-order valence-corrected chi connectivity index (χ1v) is 6.26. The molecule has 0 atom stereocenters. The van der Waals surface area contributed by atoms with Crippen LogP contribution in [0.1, 0.15) is 15.9 Å². The predicted molar refractivity (Wildman–Crippen MR) is 76.5 cm³/mol. The zero-order valence-electron chi connectivity index (χ0n) is 10.4. The molecule has 0 unspecified atom stereocenters. The largest absolute Gasteiger partial charge is 0.456 e. The number of ether oxygens (including phenoxy) is 1. The van der Waals surface area contributed by atoms with Crippen LogP contribution >= 0.6 is 11.6 Å². The minimum absolute atomic E-state index is 0.112. The van der Waals surface area contributed by atoms with Crippen molar-refractivity contribution in [3.05, 3.63) is 62.7 Å². The van der Waals surface area contributed by atoms with Gasteiger partial charge in [-0.05, 0) is 24.3 Å². The Balaban J connectivity index is 1.89. The van der Waals surface area contributed by atoms with Crippen molar-refractivity contribution < 1.29 is 14.5 Å². The minimum Gasteiger partial charge on any atom is -0.456 e. The summed E-state index contributed by atoms with van der Waals surface area (Å²) in [5.41, 5.74) is 1.06. The fraction of sp³-hybridized carbons (Fsp3) is 0. The van der Waals surface area contributed by atoms with Gasteiger partial charge in [0.2, 0.25) is 0 Å². The molecular formula is C14H7ClN2O4. The van der Waals surface area contributed by atoms with Crippen molar-refractivity contribution in [2.24, 2.45) is 4.99 Å². The Morgan fingerprint density at radius 3 is 2.71 bits per heavy atom. The second-order valence-corrected chi connectivity index (χ2v) is 4.69. The number of amides is 1. The normalized spacial score (nSPS) is 12.3. The smallest absolute Gasteiger partial charge is 0.277 e. The number of fused-ring (bicyclic) bond motifs is 1. The second kappa shape index (κ2) is 4.99. The van der Waals surface area contributed by atoms with Gasteiger partial charge < -0.3 is 4.74 Å². The molecule has 0 spiro atoms. The molecule has 2 aromatic carbocycles. The number of nitro benzene ring substituents is 1. The maximum absolute atomic E-state index is 11.4. The first-order valence-electron chi connectivity index (χ1n) is 5.89. The molecule has 0 fully saturated rings. The molecule has 6 nitrogen and oxygen atoms in total. The summed E-state index contributed by atoms with van der Waals surface area (Å²) in [5.74, 6) is 0.471. The van der Waals surface area contributed by atoms with Gasteiger partial charge in [0.1, 0.15) is 11.5 Å². The quantitative estimate of drug-likeness (QED) is 0.640. The van der Waals surface area contributed by atoms with Crippen LogP contribution in [0.3, 0.4) is 0 Å². The lowest BCUT2D eigenvalue weighted by atomic mass is 10.1. The van der Waals surface area contributed by atoms with Crippen LogP contribution in [-0.2, 0) is 0 Å². The third kappa shape index (κ3) is 2.48. The van der Waals surface area contributed by atoms with Gasteiger partial charge in [-0.1, -0.05) is 11.6 Å². The Kier molecular flexibility index (Phi) is 3.15. The van der Waals surface area contributed by atoms with Gasteiger partial charge in [-0.3, -0.25) is 14.9 Å². The number of hydrogen-bond donors (Lipinski definition) is 0. The van der Waals surface area contributed by atoms with Crippen LogP contribution in [0.15, 0.2) is 41.4 Å². The first-order chi connectivity index (χ1) is 10.0. The van der Waals surface area contributed by atoms with Crippen LogP contribution in [-0.4, -0.2) is 17.0 Å². The summed E-state index contributed by atoms with van der Waals surface area (Å²) < 4.78 is 5.58. The molecule has 0 aliphatic carbocycles. The predicted octanol–water partition coefficient (Wildman–Crippen LogP) is 3.61. The summed E-state index contributed by atoms with van der Waals surface area (Å²) in [6.07, 6.45) is 1.46. The summed E-state index contributed by atoms with van der Waals surface area (Å²) >= 11 is 5.95. The zero-order chi connectivity index (χ0) is 15.0. The minimum atomic E-state index is -0.535. The van der Waals surface area contributed by atoms with Gasteiger partial charge in [0.25, 0.3) is 11.6 Å². The third-order valence-electron chi connectivity index (χ3n) is 2.93. The number of carbonyl (C=O) groups is 1. The van der Waals surface area contributed by atoms with Crippen LogP contribution in [0.5, 0.6) is 11.5 Å². The molecule has 0 saturated heterocycles. The van der Waals surface area contributed by atoms with Crippen LogP contribution < -0.4 is 4.74 Å². The topological polar surface area (TPSA) is 81.8 Å². The number of aliphatic imine (C=N–C) groups is 1. The van der Waals surface area contributed by atoms with Crippen molar-refractivity contribution in [3.8, 4) is 11.5 Å². The lowest BCUT2D eigenvalue weighted by Gasteiger charge is -2.08. The van der Waals surface area contributed by atoms with E-state index in [0.29, 0.717) is 22.6 Å². The first kappa shape index (κ1) is 13.3. The molecule has 1 aliphatic heterocycles. The summed E-state index contributed by atoms with van der Waals surface area (Å²) in [7, 11) is 0. The van der Waals surface area contributed by atoms with Crippen molar-refractivity contribution in [2.75, 3.05) is 0 Å². The van der Waals surface area contributed by atoms with E-state index in [9.17, 15) is 14.9 Å². The Bertz CT molecular complexity index is 802. The molecule has 2 aromatic rings. The number of halogens is 1. The molecule has 21 heavy (non-hydrogen) atoms. The van der Waals surface area contributed by atoms with E-state index in [1.807, 2.05) is 0 Å². The number of carbonyl (C=O) groups excluding carboxylic acids is 1. The molecule has 0 bridgehead atoms. The van der Waals surface area contributed by atoms with E-state index in [2.05, 4.69) is 4.99 Å². The summed E-state index contributed by atoms with van der Waals surface area (Å²) in [4.78, 5) is 25.2. The highest BCUT2D eigenvalue weighted by Gasteiger charge is 2.16. The Labute approximate surface area is 123 Å². The maximum atomic E-state index is 11.4. The molecule has 0 saturated carbocycles. The van der Waals surface area contributed by atoms with Crippen LogP contribution in [0, 0.1) is 10.1 Å². The number of hydrogen-bond acceptors (Lipinski definition) is 4. The molecule has 1 aliphatic rings. The van der Waals surface area contributed by atoms with Gasteiger partial charge in [0, 0.05) is 23.9 Å². The van der Waals surface area contributed by atoms with E-state index in [4.69, 9.17) is 16.3 Å². The van der Waals surface area contributed by atoms with Gasteiger partial charge >= 0.3 is 0 Å². The zero-order valence-corrected chi connectivity index (χ0v) is 11.2. The average molecular weight is 303 g/mol.